The highest BCUT2D eigenvalue weighted by Gasteiger charge is 2.15. The number of nitrogen functional groups attached to an aromatic ring is 1. The van der Waals surface area contributed by atoms with Crippen molar-refractivity contribution in [2.24, 2.45) is 0 Å². The Hall–Kier alpha value is -3.35. The predicted octanol–water partition coefficient (Wildman–Crippen LogP) is 2.73. The van der Waals surface area contributed by atoms with Gasteiger partial charge in [0.15, 0.2) is 0 Å². The van der Waals surface area contributed by atoms with Crippen molar-refractivity contribution in [3.8, 4) is 17.1 Å². The first kappa shape index (κ1) is 14.3. The van der Waals surface area contributed by atoms with E-state index in [2.05, 4.69) is 10.2 Å². The van der Waals surface area contributed by atoms with Gasteiger partial charge in [-0.15, -0.1) is 5.10 Å². The third kappa shape index (κ3) is 2.45. The highest BCUT2D eigenvalue weighted by molar-refractivity contribution is 5.80. The van der Waals surface area contributed by atoms with Crippen LogP contribution in [0, 0.1) is 0 Å². The van der Waals surface area contributed by atoms with Crippen molar-refractivity contribution in [3.05, 3.63) is 54.4 Å². The molecule has 0 atom stereocenters. The van der Waals surface area contributed by atoms with Crippen LogP contribution in [0.2, 0.25) is 0 Å². The van der Waals surface area contributed by atoms with E-state index in [1.54, 1.807) is 7.11 Å². The fraction of sp³-hybridized carbons (Fsp3) is 0.118. The van der Waals surface area contributed by atoms with Crippen molar-refractivity contribution in [1.82, 2.24) is 19.7 Å². The average Bonchev–Trinajstić information content (AvgIpc) is 3.19. The smallest absolute Gasteiger partial charge is 0.312 e. The first-order chi connectivity index (χ1) is 11.7. The third-order valence-electron chi connectivity index (χ3n) is 3.78. The number of benzene rings is 2. The van der Waals surface area contributed by atoms with Crippen LogP contribution in [0.15, 0.2) is 52.9 Å². The maximum Gasteiger partial charge on any atom is 0.312 e. The van der Waals surface area contributed by atoms with Crippen LogP contribution in [0.4, 0.5) is 6.01 Å². The van der Waals surface area contributed by atoms with Gasteiger partial charge in [-0.1, -0.05) is 17.2 Å². The fourth-order valence-corrected chi connectivity index (χ4v) is 2.66. The number of nitrogens with two attached hydrogens (primary N) is 1. The van der Waals surface area contributed by atoms with E-state index >= 15 is 0 Å². The molecule has 0 unspecified atom stereocenters. The van der Waals surface area contributed by atoms with Crippen LogP contribution in [0.3, 0.4) is 0 Å². The van der Waals surface area contributed by atoms with Crippen LogP contribution < -0.4 is 10.5 Å². The number of para-hydroxylation sites is 2. The summed E-state index contributed by atoms with van der Waals surface area (Å²) in [6.07, 6.45) is 0. The summed E-state index contributed by atoms with van der Waals surface area (Å²) < 4.78 is 12.6. The number of rotatable bonds is 4. The molecule has 0 aliphatic carbocycles. The van der Waals surface area contributed by atoms with Crippen LogP contribution in [0.5, 0.6) is 5.75 Å². The standard InChI is InChI=1S/C17H15N5O2/c1-23-12-8-6-11(7-9-12)16-19-13-4-2-3-5-14(13)22(16)10-15-20-21-17(18)24-15/h2-9H,10H2,1H3,(H2,18,21). The molecule has 120 valence electrons. The molecule has 0 radical (unpaired) electrons. The van der Waals surface area contributed by atoms with Crippen LogP contribution in [-0.4, -0.2) is 26.9 Å². The van der Waals surface area contributed by atoms with Crippen LogP contribution in [-0.2, 0) is 6.54 Å². The molecule has 0 bridgehead atoms. The van der Waals surface area contributed by atoms with Crippen molar-refractivity contribution in [2.75, 3.05) is 12.8 Å². The van der Waals surface area contributed by atoms with Gasteiger partial charge in [-0.25, -0.2) is 4.98 Å². The molecule has 0 saturated heterocycles. The number of anilines is 1. The number of methoxy groups -OCH3 is 1. The molecule has 0 saturated carbocycles. The number of aromatic nitrogens is 4. The molecular weight excluding hydrogens is 306 g/mol. The molecule has 24 heavy (non-hydrogen) atoms. The molecule has 0 fully saturated rings. The van der Waals surface area contributed by atoms with Crippen molar-refractivity contribution in [3.63, 3.8) is 0 Å². The van der Waals surface area contributed by atoms with Crippen molar-refractivity contribution < 1.29 is 9.15 Å². The SMILES string of the molecule is COc1ccc(-c2nc3ccccc3n2Cc2nnc(N)o2)cc1. The number of hydrogen-bond acceptors (Lipinski definition) is 6. The minimum atomic E-state index is 0.0559. The van der Waals surface area contributed by atoms with Gasteiger partial charge < -0.3 is 19.5 Å². The van der Waals surface area contributed by atoms with Crippen LogP contribution >= 0.6 is 0 Å². The van der Waals surface area contributed by atoms with Gasteiger partial charge in [0.2, 0.25) is 5.89 Å². The summed E-state index contributed by atoms with van der Waals surface area (Å²) in [6.45, 7) is 0.395. The zero-order valence-corrected chi connectivity index (χ0v) is 13.0. The maximum atomic E-state index is 5.52. The van der Waals surface area contributed by atoms with E-state index in [0.717, 1.165) is 28.2 Å². The van der Waals surface area contributed by atoms with E-state index in [4.69, 9.17) is 19.9 Å². The van der Waals surface area contributed by atoms with Crippen molar-refractivity contribution in [1.29, 1.82) is 0 Å². The molecule has 2 aromatic heterocycles. The molecule has 4 aromatic rings. The summed E-state index contributed by atoms with van der Waals surface area (Å²) in [5.74, 6) is 2.05. The first-order valence-electron chi connectivity index (χ1n) is 7.42. The van der Waals surface area contributed by atoms with E-state index in [1.807, 2.05) is 53.1 Å². The van der Waals surface area contributed by atoms with Crippen molar-refractivity contribution >= 4 is 17.0 Å². The highest BCUT2D eigenvalue weighted by atomic mass is 16.5. The van der Waals surface area contributed by atoms with Gasteiger partial charge in [0, 0.05) is 5.56 Å². The highest BCUT2D eigenvalue weighted by Crippen LogP contribution is 2.27. The lowest BCUT2D eigenvalue weighted by Gasteiger charge is -2.07. The maximum absolute atomic E-state index is 5.52. The largest absolute Gasteiger partial charge is 0.497 e. The molecule has 0 aliphatic rings. The molecule has 7 heteroatoms. The number of imidazole rings is 1. The number of nitrogens with zero attached hydrogens (tertiary/aromatic N) is 4. The second-order valence-corrected chi connectivity index (χ2v) is 5.27. The van der Waals surface area contributed by atoms with Gasteiger partial charge >= 0.3 is 6.01 Å². The molecule has 2 heterocycles. The Morgan fingerprint density at radius 3 is 2.58 bits per heavy atom. The lowest BCUT2D eigenvalue weighted by molar-refractivity contribution is 0.415. The summed E-state index contributed by atoms with van der Waals surface area (Å²) in [5.41, 5.74) is 8.38. The Morgan fingerprint density at radius 1 is 1.08 bits per heavy atom. The molecule has 7 nitrogen and oxygen atoms in total. The summed E-state index contributed by atoms with van der Waals surface area (Å²) >= 11 is 0. The van der Waals surface area contributed by atoms with Crippen LogP contribution in [0.25, 0.3) is 22.4 Å². The second-order valence-electron chi connectivity index (χ2n) is 5.27. The zero-order chi connectivity index (χ0) is 16.5. The van der Waals surface area contributed by atoms with E-state index in [-0.39, 0.29) is 6.01 Å². The lowest BCUT2D eigenvalue weighted by Crippen LogP contribution is -2.02. The molecular formula is C17H15N5O2. The van der Waals surface area contributed by atoms with E-state index in [0.29, 0.717) is 12.4 Å². The average molecular weight is 321 g/mol. The lowest BCUT2D eigenvalue weighted by atomic mass is 10.2. The minimum Gasteiger partial charge on any atom is -0.497 e. The zero-order valence-electron chi connectivity index (χ0n) is 13.0. The number of fused-ring (bicyclic) bond motifs is 1. The summed E-state index contributed by atoms with van der Waals surface area (Å²) in [4.78, 5) is 4.74. The Labute approximate surface area is 137 Å². The van der Waals surface area contributed by atoms with Crippen LogP contribution in [0.1, 0.15) is 5.89 Å². The summed E-state index contributed by atoms with van der Waals surface area (Å²) in [7, 11) is 1.64. The van der Waals surface area contributed by atoms with Crippen molar-refractivity contribution in [2.45, 2.75) is 6.54 Å². The molecule has 4 rings (SSSR count). The fourth-order valence-electron chi connectivity index (χ4n) is 2.66. The van der Waals surface area contributed by atoms with E-state index in [9.17, 15) is 0 Å². The minimum absolute atomic E-state index is 0.0559. The molecule has 2 aromatic carbocycles. The Bertz CT molecular complexity index is 988. The summed E-state index contributed by atoms with van der Waals surface area (Å²) in [6, 6.07) is 15.7. The predicted molar refractivity (Wildman–Crippen MR) is 89.5 cm³/mol. The normalized spacial score (nSPS) is 11.0. The third-order valence-corrected chi connectivity index (χ3v) is 3.78. The van der Waals surface area contributed by atoms with Gasteiger partial charge in [0.1, 0.15) is 18.1 Å². The molecule has 0 spiro atoms. The van der Waals surface area contributed by atoms with E-state index in [1.165, 1.54) is 0 Å². The monoisotopic (exact) mass is 321 g/mol. The molecule has 2 N–H and O–H groups in total. The second kappa shape index (κ2) is 5.69. The Morgan fingerprint density at radius 2 is 1.88 bits per heavy atom. The number of ether oxygens (including phenoxy) is 1. The quantitative estimate of drug-likeness (QED) is 0.621. The van der Waals surface area contributed by atoms with Gasteiger partial charge in [-0.3, -0.25) is 0 Å². The van der Waals surface area contributed by atoms with E-state index < -0.39 is 0 Å². The Kier molecular flexibility index (Phi) is 3.38. The Balaban J connectivity index is 1.85. The van der Waals surface area contributed by atoms with Gasteiger partial charge in [-0.2, -0.15) is 0 Å². The topological polar surface area (TPSA) is 92.0 Å². The van der Waals surface area contributed by atoms with Gasteiger partial charge in [-0.05, 0) is 36.4 Å². The van der Waals surface area contributed by atoms with Gasteiger partial charge in [0.25, 0.3) is 0 Å². The molecule has 0 aliphatic heterocycles. The van der Waals surface area contributed by atoms with Gasteiger partial charge in [0.05, 0.1) is 18.1 Å². The summed E-state index contributed by atoms with van der Waals surface area (Å²) in [5, 5.41) is 7.66. The molecule has 0 amide bonds. The number of hydrogen-bond donors (Lipinski definition) is 1. The first-order valence-corrected chi connectivity index (χ1v) is 7.42.